The van der Waals surface area contributed by atoms with Gasteiger partial charge in [0.2, 0.25) is 5.91 Å². The summed E-state index contributed by atoms with van der Waals surface area (Å²) >= 11 is 0. The molecule has 0 saturated carbocycles. The summed E-state index contributed by atoms with van der Waals surface area (Å²) in [5, 5.41) is 34.3. The van der Waals surface area contributed by atoms with Gasteiger partial charge in [-0.25, -0.2) is 9.78 Å². The third-order valence-corrected chi connectivity index (χ3v) is 8.28. The summed E-state index contributed by atoms with van der Waals surface area (Å²) < 4.78 is 7.27. The molecule has 0 aliphatic carbocycles. The van der Waals surface area contributed by atoms with Crippen LogP contribution in [0.5, 0.6) is 5.75 Å². The number of carbonyl (C=O) groups excluding carboxylic acids is 2. The number of methoxy groups -OCH3 is 1. The molecule has 4 aliphatic rings. The molecule has 204 valence electrons. The van der Waals surface area contributed by atoms with Crippen LogP contribution in [0.3, 0.4) is 0 Å². The maximum Gasteiger partial charge on any atom is 0.279 e. The number of nitrogens with zero attached hydrogens (tertiary/aromatic N) is 3. The average molecular weight is 528 g/mol. The number of aliphatic hydroxyl groups is 3. The number of carbonyl (C=O) groups is 2. The molecule has 1 aromatic carbocycles. The molecule has 1 aromatic heterocycles. The first-order chi connectivity index (χ1) is 18.0. The van der Waals surface area contributed by atoms with Gasteiger partial charge in [-0.2, -0.15) is 0 Å². The van der Waals surface area contributed by atoms with Crippen molar-refractivity contribution in [2.75, 3.05) is 20.3 Å². The predicted octanol–water partition coefficient (Wildman–Crippen LogP) is 1.83. The molecule has 2 aromatic rings. The first-order valence-electron chi connectivity index (χ1n) is 12.9. The molecule has 2 saturated heterocycles. The molecule has 0 unspecified atom stereocenters. The molecule has 5 heterocycles. The molecular formula is C27H33N3O8. The zero-order chi connectivity index (χ0) is 27.1. The number of ether oxygens (including phenoxy) is 1. The van der Waals surface area contributed by atoms with Crippen LogP contribution in [-0.2, 0) is 19.4 Å². The number of amides is 2. The number of rotatable bonds is 3. The van der Waals surface area contributed by atoms with Gasteiger partial charge in [0, 0.05) is 30.0 Å². The Labute approximate surface area is 219 Å². The largest absolute Gasteiger partial charge is 0.497 e. The number of aromatic nitrogens is 1. The Morgan fingerprint density at radius 1 is 1.26 bits per heavy atom. The molecule has 2 amide bonds. The minimum Gasteiger partial charge on any atom is -0.497 e. The molecule has 4 aliphatic heterocycles. The third kappa shape index (κ3) is 3.32. The van der Waals surface area contributed by atoms with Gasteiger partial charge in [-0.1, -0.05) is 0 Å². The first-order valence-corrected chi connectivity index (χ1v) is 12.9. The van der Waals surface area contributed by atoms with Crippen LogP contribution in [0.2, 0.25) is 0 Å². The Bertz CT molecular complexity index is 1370. The van der Waals surface area contributed by atoms with Gasteiger partial charge < -0.3 is 29.5 Å². The lowest BCUT2D eigenvalue weighted by Crippen LogP contribution is -2.74. The third-order valence-electron chi connectivity index (χ3n) is 8.28. The van der Waals surface area contributed by atoms with Crippen LogP contribution < -0.4 is 4.74 Å². The van der Waals surface area contributed by atoms with Crippen LogP contribution in [0.1, 0.15) is 69.7 Å². The Hall–Kier alpha value is -2.96. The number of aliphatic hydroxyl groups excluding tert-OH is 2. The number of fused-ring (bicyclic) bond motifs is 6. The average Bonchev–Trinajstić information content (AvgIpc) is 3.50. The Morgan fingerprint density at radius 3 is 2.74 bits per heavy atom. The van der Waals surface area contributed by atoms with E-state index in [2.05, 4.69) is 0 Å². The van der Waals surface area contributed by atoms with E-state index in [1.807, 2.05) is 0 Å². The fourth-order valence-corrected chi connectivity index (χ4v) is 6.55. The second-order valence-corrected chi connectivity index (χ2v) is 11.3. The molecule has 0 spiro atoms. The highest BCUT2D eigenvalue weighted by Crippen LogP contribution is 2.55. The summed E-state index contributed by atoms with van der Waals surface area (Å²) in [5.41, 5.74) is -1.31. The van der Waals surface area contributed by atoms with E-state index in [1.165, 1.54) is 16.9 Å². The molecule has 11 nitrogen and oxygen atoms in total. The van der Waals surface area contributed by atoms with Crippen molar-refractivity contribution in [1.82, 2.24) is 14.4 Å². The van der Waals surface area contributed by atoms with Crippen molar-refractivity contribution in [3.05, 3.63) is 41.1 Å². The van der Waals surface area contributed by atoms with Crippen LogP contribution in [0.4, 0.5) is 0 Å². The van der Waals surface area contributed by atoms with E-state index in [0.717, 1.165) is 0 Å². The number of hydrogen-bond donors (Lipinski definition) is 3. The lowest BCUT2D eigenvalue weighted by Gasteiger charge is -2.56. The van der Waals surface area contributed by atoms with Crippen molar-refractivity contribution < 1.29 is 39.4 Å². The van der Waals surface area contributed by atoms with E-state index in [-0.39, 0.29) is 13.0 Å². The molecule has 11 heteroatoms. The maximum absolute atomic E-state index is 14.0. The van der Waals surface area contributed by atoms with Crippen molar-refractivity contribution in [2.45, 2.75) is 75.8 Å². The molecule has 2 fully saturated rings. The van der Waals surface area contributed by atoms with Crippen LogP contribution in [-0.4, -0.2) is 79.1 Å². The smallest absolute Gasteiger partial charge is 0.279 e. The Kier molecular flexibility index (Phi) is 5.68. The zero-order valence-electron chi connectivity index (χ0n) is 21.9. The molecule has 0 radical (unpaired) electrons. The Morgan fingerprint density at radius 2 is 2.03 bits per heavy atom. The van der Waals surface area contributed by atoms with Gasteiger partial charge >= 0.3 is 0 Å². The topological polar surface area (TPSA) is 134 Å². The van der Waals surface area contributed by atoms with Crippen LogP contribution in [0, 0.1) is 0 Å². The highest BCUT2D eigenvalue weighted by Gasteiger charge is 2.66. The minimum absolute atomic E-state index is 0.184. The lowest BCUT2D eigenvalue weighted by atomic mass is 9.79. The van der Waals surface area contributed by atoms with E-state index in [4.69, 9.17) is 14.5 Å². The molecule has 0 bridgehead atoms. The normalized spacial score (nSPS) is 32.6. The second kappa shape index (κ2) is 8.52. The van der Waals surface area contributed by atoms with E-state index in [9.17, 15) is 24.9 Å². The van der Waals surface area contributed by atoms with E-state index in [1.54, 1.807) is 49.6 Å². The summed E-state index contributed by atoms with van der Waals surface area (Å²) in [7, 11) is 1.54. The summed E-state index contributed by atoms with van der Waals surface area (Å²) in [6.45, 7) is 5.49. The highest BCUT2D eigenvalue weighted by atomic mass is 17.2. The highest BCUT2D eigenvalue weighted by molar-refractivity contribution is 6.01. The second-order valence-electron chi connectivity index (χ2n) is 11.3. The van der Waals surface area contributed by atoms with Crippen LogP contribution >= 0.6 is 0 Å². The summed E-state index contributed by atoms with van der Waals surface area (Å²) in [6, 6.07) is 3.77. The molecule has 6 rings (SSSR count). The molecule has 38 heavy (non-hydrogen) atoms. The van der Waals surface area contributed by atoms with Gasteiger partial charge in [0.15, 0.2) is 6.23 Å². The predicted molar refractivity (Wildman–Crippen MR) is 133 cm³/mol. The van der Waals surface area contributed by atoms with Gasteiger partial charge in [0.25, 0.3) is 11.6 Å². The standard InChI is InChI=1S/C27H33N3O8/c1-14(13-31)10-20-29-18-11-15(36-4)7-8-16(18)21-22(29)19(12-26(2,3)38-37-20)30-24(33)17-6-5-9-28(17)25(34)27(30,35)23(21)32/h7-8,10-11,17,19-20,23,31-32,35H,5-6,9,12-13H2,1-4H3/b14-10+/t17-,19-,20+,23-,27+/m0/s1. The van der Waals surface area contributed by atoms with Gasteiger partial charge in [-0.3, -0.25) is 14.5 Å². The SMILES string of the molecule is COc1ccc2c3c4n(c2c1)[C@@H](/C=C(\C)CO)OOC(C)(C)C[C@@H]4N1C(=O)[C@@H]2CCCN2C(=O)[C@]1(O)[C@H]3O. The van der Waals surface area contributed by atoms with Crippen molar-refractivity contribution in [2.24, 2.45) is 0 Å². The fraction of sp³-hybridized carbons (Fsp3) is 0.556. The van der Waals surface area contributed by atoms with Gasteiger partial charge in [-0.05, 0) is 57.4 Å². The molecular weight excluding hydrogens is 494 g/mol. The van der Waals surface area contributed by atoms with Crippen molar-refractivity contribution in [3.8, 4) is 5.75 Å². The lowest BCUT2D eigenvalue weighted by molar-refractivity contribution is -0.390. The van der Waals surface area contributed by atoms with E-state index in [0.29, 0.717) is 52.9 Å². The number of benzene rings is 1. The Balaban J connectivity index is 1.70. The first kappa shape index (κ1) is 25.3. The summed E-state index contributed by atoms with van der Waals surface area (Å²) in [5.74, 6) is -0.523. The van der Waals surface area contributed by atoms with Crippen LogP contribution in [0.25, 0.3) is 10.9 Å². The fourth-order valence-electron chi connectivity index (χ4n) is 6.55. The summed E-state index contributed by atoms with van der Waals surface area (Å²) in [4.78, 5) is 42.2. The van der Waals surface area contributed by atoms with Crippen LogP contribution in [0.15, 0.2) is 29.8 Å². The monoisotopic (exact) mass is 527 g/mol. The zero-order valence-corrected chi connectivity index (χ0v) is 21.9. The van der Waals surface area contributed by atoms with Gasteiger partial charge in [0.1, 0.15) is 23.5 Å². The quantitative estimate of drug-likeness (QED) is 0.407. The number of hydrogen-bond acceptors (Lipinski definition) is 8. The summed E-state index contributed by atoms with van der Waals surface area (Å²) in [6.07, 6.45) is 0.424. The van der Waals surface area contributed by atoms with Gasteiger partial charge in [-0.15, -0.1) is 0 Å². The van der Waals surface area contributed by atoms with E-state index >= 15 is 0 Å². The molecule has 3 N–H and O–H groups in total. The van der Waals surface area contributed by atoms with Crippen molar-refractivity contribution in [1.29, 1.82) is 0 Å². The number of piperazine rings is 1. The van der Waals surface area contributed by atoms with Gasteiger partial charge in [0.05, 0.1) is 31.0 Å². The van der Waals surface area contributed by atoms with E-state index < -0.39 is 47.6 Å². The van der Waals surface area contributed by atoms with Crippen molar-refractivity contribution in [3.63, 3.8) is 0 Å². The van der Waals surface area contributed by atoms with Crippen molar-refractivity contribution >= 4 is 22.7 Å². The molecule has 5 atom stereocenters. The maximum atomic E-state index is 14.0. The minimum atomic E-state index is -2.48.